The van der Waals surface area contributed by atoms with E-state index in [1.807, 2.05) is 0 Å². The lowest BCUT2D eigenvalue weighted by Gasteiger charge is -2.08. The van der Waals surface area contributed by atoms with Gasteiger partial charge < -0.3 is 5.11 Å². The van der Waals surface area contributed by atoms with Gasteiger partial charge in [-0.2, -0.15) is 28.0 Å². The summed E-state index contributed by atoms with van der Waals surface area (Å²) in [6, 6.07) is 0. The molecule has 0 fully saturated rings. The van der Waals surface area contributed by atoms with Crippen molar-refractivity contribution >= 4 is 5.97 Å². The SMILES string of the molecule is CC(=O)O.[O-][Cl+3]([O-])([O-])O[Cl+3]([O-])([O-])[O-]. The van der Waals surface area contributed by atoms with Gasteiger partial charge in [0.1, 0.15) is 0 Å². The van der Waals surface area contributed by atoms with E-state index in [-0.39, 0.29) is 0 Å². The Balaban J connectivity index is 0. The maximum atomic E-state index is 9.26. The molecule has 0 aromatic heterocycles. The first-order chi connectivity index (χ1) is 5.44. The number of halogens is 2. The van der Waals surface area contributed by atoms with Gasteiger partial charge in [0.2, 0.25) is 20.5 Å². The van der Waals surface area contributed by atoms with Crippen LogP contribution >= 0.6 is 0 Å². The molecule has 0 rings (SSSR count). The fourth-order valence-corrected chi connectivity index (χ4v) is 0.787. The van der Waals surface area contributed by atoms with Crippen molar-refractivity contribution in [2.24, 2.45) is 0 Å². The minimum Gasteiger partial charge on any atom is -0.481 e. The molecule has 0 heterocycles. The van der Waals surface area contributed by atoms with Crippen molar-refractivity contribution in [1.82, 2.24) is 0 Å². The summed E-state index contributed by atoms with van der Waals surface area (Å²) < 4.78 is 57.9. The normalized spacial score (nSPS) is 11.6. The number of carbonyl (C=O) groups is 1. The van der Waals surface area contributed by atoms with Crippen LogP contribution in [0.2, 0.25) is 0 Å². The maximum absolute atomic E-state index is 9.26. The van der Waals surface area contributed by atoms with Gasteiger partial charge in [-0.25, -0.2) is 0 Å². The smallest absolute Gasteiger partial charge is 0.481 e. The summed E-state index contributed by atoms with van der Waals surface area (Å²) in [4.78, 5) is 9.00. The second-order valence-corrected chi connectivity index (χ2v) is 3.31. The first-order valence-electron chi connectivity index (χ1n) is 2.16. The summed E-state index contributed by atoms with van der Waals surface area (Å²) in [5.41, 5.74) is 0. The quantitative estimate of drug-likeness (QED) is 0.491. The van der Waals surface area contributed by atoms with E-state index in [4.69, 9.17) is 9.90 Å². The van der Waals surface area contributed by atoms with E-state index in [2.05, 4.69) is 3.84 Å². The van der Waals surface area contributed by atoms with Gasteiger partial charge in [-0.3, -0.25) is 4.79 Å². The third-order valence-electron chi connectivity index (χ3n) is 0.143. The summed E-state index contributed by atoms with van der Waals surface area (Å²) >= 11 is 0. The minimum atomic E-state index is -5.19. The summed E-state index contributed by atoms with van der Waals surface area (Å²) in [5, 5.41) is 7.42. The van der Waals surface area contributed by atoms with Crippen molar-refractivity contribution in [3.63, 3.8) is 0 Å². The fraction of sp³-hybridized carbons (Fsp3) is 0.500. The summed E-state index contributed by atoms with van der Waals surface area (Å²) in [5.74, 6) is -0.833. The Morgan fingerprint density at radius 2 is 1.23 bits per heavy atom. The van der Waals surface area contributed by atoms with Crippen LogP contribution in [-0.2, 0) is 8.64 Å². The molecule has 0 aromatic rings. The molecule has 0 spiro atoms. The number of carboxylic acids is 1. The highest BCUT2D eigenvalue weighted by Crippen LogP contribution is 1.95. The van der Waals surface area contributed by atoms with Gasteiger partial charge in [-0.1, -0.05) is 0 Å². The summed E-state index contributed by atoms with van der Waals surface area (Å²) in [6.07, 6.45) is 0. The second-order valence-electron chi connectivity index (χ2n) is 1.33. The van der Waals surface area contributed by atoms with Gasteiger partial charge in [0.15, 0.2) is 0 Å². The number of hydrogen-bond donors (Lipinski definition) is 1. The molecular formula is C2H4Cl2O9. The highest BCUT2D eigenvalue weighted by atomic mass is 35.7. The number of hydrogen-bond acceptors (Lipinski definition) is 8. The standard InChI is InChI=1S/C2H4O2.Cl2O7/c1-2(3)4;3-1(4,5)9-2(6,7)8/h1H3,(H,3,4);. The summed E-state index contributed by atoms with van der Waals surface area (Å²) in [7, 11) is -10.4. The van der Waals surface area contributed by atoms with Gasteiger partial charge in [0.25, 0.3) is 5.97 Å². The minimum absolute atomic E-state index is 0.833. The molecule has 9 nitrogen and oxygen atoms in total. The van der Waals surface area contributed by atoms with Crippen LogP contribution in [0.15, 0.2) is 0 Å². The molecule has 80 valence electrons. The third kappa shape index (κ3) is 33.7. The molecule has 0 aromatic carbocycles. The molecule has 0 radical (unpaired) electrons. The Hall–Kier alpha value is -0.230. The van der Waals surface area contributed by atoms with Crippen molar-refractivity contribution in [1.29, 1.82) is 0 Å². The Kier molecular flexibility index (Phi) is 6.44. The number of carboxylic acid groups (broad SMARTS) is 1. The average molecular weight is 243 g/mol. The highest BCUT2D eigenvalue weighted by molar-refractivity contribution is 5.62. The van der Waals surface area contributed by atoms with Crippen LogP contribution in [0.5, 0.6) is 0 Å². The third-order valence-corrected chi connectivity index (χ3v) is 1.29. The van der Waals surface area contributed by atoms with E-state index < -0.39 is 26.5 Å². The van der Waals surface area contributed by atoms with Crippen LogP contribution in [0.3, 0.4) is 0 Å². The monoisotopic (exact) mass is 242 g/mol. The van der Waals surface area contributed by atoms with Crippen LogP contribution in [0.25, 0.3) is 0 Å². The largest absolute Gasteiger partial charge is 0.517 e. The van der Waals surface area contributed by atoms with Gasteiger partial charge in [0.05, 0.1) is 0 Å². The Morgan fingerprint density at radius 1 is 1.08 bits per heavy atom. The van der Waals surface area contributed by atoms with Gasteiger partial charge in [-0.15, -0.1) is 0 Å². The zero-order chi connectivity index (χ0) is 11.3. The van der Waals surface area contributed by atoms with Crippen molar-refractivity contribution < 1.29 is 62.2 Å². The van der Waals surface area contributed by atoms with Crippen molar-refractivity contribution in [3.05, 3.63) is 0 Å². The van der Waals surface area contributed by atoms with Crippen LogP contribution in [-0.4, -0.2) is 11.1 Å². The molecule has 0 bridgehead atoms. The van der Waals surface area contributed by atoms with Gasteiger partial charge in [0, 0.05) is 6.92 Å². The highest BCUT2D eigenvalue weighted by Gasteiger charge is 2.44. The molecule has 13 heavy (non-hydrogen) atoms. The lowest BCUT2D eigenvalue weighted by molar-refractivity contribution is -2.08. The lowest BCUT2D eigenvalue weighted by Crippen LogP contribution is -2.72. The van der Waals surface area contributed by atoms with E-state index >= 15 is 0 Å². The molecule has 0 saturated carbocycles. The Bertz CT molecular complexity index is 138. The Labute approximate surface area is 75.9 Å². The second kappa shape index (κ2) is 5.49. The fourth-order valence-electron chi connectivity index (χ4n) is 0.0875. The zero-order valence-electron chi connectivity index (χ0n) is 5.97. The van der Waals surface area contributed by atoms with E-state index in [0.29, 0.717) is 0 Å². The number of rotatable bonds is 2. The molecule has 0 saturated heterocycles. The van der Waals surface area contributed by atoms with E-state index in [1.54, 1.807) is 0 Å². The van der Waals surface area contributed by atoms with E-state index in [0.717, 1.165) is 6.92 Å². The maximum Gasteiger partial charge on any atom is 0.517 e. The lowest BCUT2D eigenvalue weighted by atomic mass is 10.9. The van der Waals surface area contributed by atoms with E-state index in [9.17, 15) is 28.0 Å². The van der Waals surface area contributed by atoms with Crippen molar-refractivity contribution in [2.75, 3.05) is 0 Å². The Morgan fingerprint density at radius 3 is 1.23 bits per heavy atom. The number of aliphatic carboxylic acids is 1. The van der Waals surface area contributed by atoms with Crippen LogP contribution < -0.4 is 28.0 Å². The molecule has 0 atom stereocenters. The molecule has 11 heteroatoms. The summed E-state index contributed by atoms with van der Waals surface area (Å²) in [6.45, 7) is 1.08. The first kappa shape index (κ1) is 15.3. The predicted molar refractivity (Wildman–Crippen MR) is 14.4 cm³/mol. The van der Waals surface area contributed by atoms with Crippen molar-refractivity contribution in [3.8, 4) is 0 Å². The average Bonchev–Trinajstić information content (AvgIpc) is 1.47. The first-order valence-corrected chi connectivity index (χ1v) is 4.63. The predicted octanol–water partition coefficient (Wildman–Crippen LogP) is -7.11. The molecule has 1 N–H and O–H groups in total. The van der Waals surface area contributed by atoms with Crippen LogP contribution in [0.1, 0.15) is 6.92 Å². The topological polar surface area (TPSA) is 185 Å². The van der Waals surface area contributed by atoms with Gasteiger partial charge in [-0.05, 0) is 0 Å². The molecule has 0 aliphatic heterocycles. The van der Waals surface area contributed by atoms with Crippen LogP contribution in [0.4, 0.5) is 0 Å². The molecular weight excluding hydrogens is 239 g/mol. The zero-order valence-corrected chi connectivity index (χ0v) is 7.48. The van der Waals surface area contributed by atoms with Crippen molar-refractivity contribution in [2.45, 2.75) is 6.92 Å². The van der Waals surface area contributed by atoms with Crippen LogP contribution in [0, 0.1) is 20.5 Å². The molecule has 0 aliphatic rings. The molecule has 0 amide bonds. The van der Waals surface area contributed by atoms with Gasteiger partial charge >= 0.3 is 3.84 Å². The van der Waals surface area contributed by atoms with E-state index in [1.165, 1.54) is 0 Å². The molecule has 0 unspecified atom stereocenters. The molecule has 0 aliphatic carbocycles.